The molecule has 19 heavy (non-hydrogen) atoms. The predicted octanol–water partition coefficient (Wildman–Crippen LogP) is 1.38. The molecule has 1 fully saturated rings. The van der Waals surface area contributed by atoms with Crippen molar-refractivity contribution in [3.8, 4) is 0 Å². The van der Waals surface area contributed by atoms with Crippen molar-refractivity contribution in [2.24, 2.45) is 5.92 Å². The second kappa shape index (κ2) is 4.62. The van der Waals surface area contributed by atoms with Crippen LogP contribution < -0.4 is 0 Å². The summed E-state index contributed by atoms with van der Waals surface area (Å²) < 4.78 is 14.7. The highest BCUT2D eigenvalue weighted by Gasteiger charge is 2.28. The second-order valence-corrected chi connectivity index (χ2v) is 4.90. The van der Waals surface area contributed by atoms with Gasteiger partial charge in [0.1, 0.15) is 11.5 Å². The van der Waals surface area contributed by atoms with E-state index in [1.54, 1.807) is 16.7 Å². The monoisotopic (exact) mass is 263 g/mol. The Morgan fingerprint density at radius 1 is 1.47 bits per heavy atom. The molecule has 3 rings (SSSR count). The zero-order chi connectivity index (χ0) is 13.4. The van der Waals surface area contributed by atoms with Crippen molar-refractivity contribution < 1.29 is 14.3 Å². The van der Waals surface area contributed by atoms with Crippen LogP contribution >= 0.6 is 0 Å². The van der Waals surface area contributed by atoms with Crippen LogP contribution in [0.2, 0.25) is 0 Å². The maximum absolute atomic E-state index is 13.1. The highest BCUT2D eigenvalue weighted by Crippen LogP contribution is 2.18. The van der Waals surface area contributed by atoms with Crippen LogP contribution in [0.15, 0.2) is 24.5 Å². The van der Waals surface area contributed by atoms with Gasteiger partial charge in [-0.05, 0) is 25.1 Å². The summed E-state index contributed by atoms with van der Waals surface area (Å²) in [4.78, 5) is 17.4. The Kier molecular flexibility index (Phi) is 2.94. The lowest BCUT2D eigenvalue weighted by atomic mass is 10.1. The molecule has 0 aromatic carbocycles. The molecule has 0 aliphatic carbocycles. The van der Waals surface area contributed by atoms with E-state index in [1.807, 2.05) is 0 Å². The van der Waals surface area contributed by atoms with Gasteiger partial charge in [-0.2, -0.15) is 0 Å². The van der Waals surface area contributed by atoms with E-state index in [9.17, 15) is 9.18 Å². The summed E-state index contributed by atoms with van der Waals surface area (Å²) in [5.74, 6) is -1.32. The summed E-state index contributed by atoms with van der Waals surface area (Å²) in [6, 6.07) is 3.01. The fourth-order valence-electron chi connectivity index (χ4n) is 2.50. The van der Waals surface area contributed by atoms with Gasteiger partial charge in [0.2, 0.25) is 0 Å². The number of likely N-dealkylation sites (tertiary alicyclic amines) is 1. The summed E-state index contributed by atoms with van der Waals surface area (Å²) in [6.07, 6.45) is 3.85. The Hall–Kier alpha value is -1.95. The number of imidazole rings is 1. The van der Waals surface area contributed by atoms with Crippen molar-refractivity contribution >= 4 is 11.6 Å². The molecular weight excluding hydrogens is 249 g/mol. The van der Waals surface area contributed by atoms with Gasteiger partial charge < -0.3 is 9.51 Å². The van der Waals surface area contributed by atoms with Crippen molar-refractivity contribution in [3.63, 3.8) is 0 Å². The number of pyridine rings is 1. The van der Waals surface area contributed by atoms with E-state index in [2.05, 4.69) is 9.88 Å². The van der Waals surface area contributed by atoms with Gasteiger partial charge in [0.25, 0.3) is 0 Å². The zero-order valence-corrected chi connectivity index (χ0v) is 10.3. The van der Waals surface area contributed by atoms with Crippen LogP contribution in [-0.2, 0) is 11.3 Å². The number of aliphatic carboxylic acids is 1. The van der Waals surface area contributed by atoms with Crippen molar-refractivity contribution in [2.45, 2.75) is 13.0 Å². The number of fused-ring (bicyclic) bond motifs is 1. The predicted molar refractivity (Wildman–Crippen MR) is 66.2 cm³/mol. The number of aromatic nitrogens is 2. The van der Waals surface area contributed by atoms with Gasteiger partial charge in [0.05, 0.1) is 11.6 Å². The van der Waals surface area contributed by atoms with E-state index in [-0.39, 0.29) is 11.7 Å². The molecule has 0 radical (unpaired) electrons. The number of rotatable bonds is 3. The summed E-state index contributed by atoms with van der Waals surface area (Å²) >= 11 is 0. The number of carboxylic acid groups (broad SMARTS) is 1. The van der Waals surface area contributed by atoms with Gasteiger partial charge >= 0.3 is 5.97 Å². The molecule has 0 bridgehead atoms. The molecule has 2 aromatic heterocycles. The molecule has 1 atom stereocenters. The number of carboxylic acids is 1. The molecule has 1 aliphatic heterocycles. The van der Waals surface area contributed by atoms with Gasteiger partial charge in [0, 0.05) is 25.5 Å². The molecular formula is C13H14FN3O2. The molecule has 1 N–H and O–H groups in total. The second-order valence-electron chi connectivity index (χ2n) is 4.90. The first-order valence-electron chi connectivity index (χ1n) is 6.20. The Bertz CT molecular complexity index is 625. The van der Waals surface area contributed by atoms with E-state index >= 15 is 0 Å². The molecule has 6 heteroatoms. The molecule has 100 valence electrons. The van der Waals surface area contributed by atoms with Crippen LogP contribution in [0.4, 0.5) is 4.39 Å². The molecule has 0 amide bonds. The fourth-order valence-corrected chi connectivity index (χ4v) is 2.50. The molecule has 0 saturated carbocycles. The maximum atomic E-state index is 13.1. The minimum atomic E-state index is -0.737. The van der Waals surface area contributed by atoms with Crippen LogP contribution in [-0.4, -0.2) is 38.4 Å². The standard InChI is InChI=1S/C13H14FN3O2/c14-10-1-2-12-15-11(8-17(12)6-10)7-16-4-3-9(5-16)13(18)19/h1-2,6,8-9H,3-5,7H2,(H,18,19)/t9-/m1/s1. The molecule has 3 heterocycles. The molecule has 2 aromatic rings. The van der Waals surface area contributed by atoms with Crippen molar-refractivity contribution in [3.05, 3.63) is 36.0 Å². The Morgan fingerprint density at radius 2 is 2.32 bits per heavy atom. The lowest BCUT2D eigenvalue weighted by Crippen LogP contribution is -2.22. The smallest absolute Gasteiger partial charge is 0.307 e. The Labute approximate surface area is 109 Å². The Morgan fingerprint density at radius 3 is 3.05 bits per heavy atom. The summed E-state index contributed by atoms with van der Waals surface area (Å²) in [7, 11) is 0. The molecule has 0 unspecified atom stereocenters. The van der Waals surface area contributed by atoms with Crippen LogP contribution in [0.5, 0.6) is 0 Å². The van der Waals surface area contributed by atoms with E-state index < -0.39 is 5.97 Å². The molecule has 1 saturated heterocycles. The SMILES string of the molecule is O=C(O)[C@@H]1CCN(Cc2cn3cc(F)ccc3n2)C1. The van der Waals surface area contributed by atoms with E-state index in [4.69, 9.17) is 5.11 Å². The van der Waals surface area contributed by atoms with Crippen LogP contribution in [0.25, 0.3) is 5.65 Å². The van der Waals surface area contributed by atoms with Crippen molar-refractivity contribution in [1.82, 2.24) is 14.3 Å². The normalized spacial score (nSPS) is 20.2. The largest absolute Gasteiger partial charge is 0.481 e. The minimum absolute atomic E-state index is 0.283. The van der Waals surface area contributed by atoms with Crippen molar-refractivity contribution in [1.29, 1.82) is 0 Å². The number of halogens is 1. The topological polar surface area (TPSA) is 57.8 Å². The fraction of sp³-hybridized carbons (Fsp3) is 0.385. The third-order valence-corrected chi connectivity index (χ3v) is 3.47. The highest BCUT2D eigenvalue weighted by molar-refractivity contribution is 5.70. The molecule has 0 spiro atoms. The highest BCUT2D eigenvalue weighted by atomic mass is 19.1. The number of hydrogen-bond acceptors (Lipinski definition) is 3. The first-order chi connectivity index (χ1) is 9.11. The number of hydrogen-bond donors (Lipinski definition) is 1. The summed E-state index contributed by atoms with van der Waals surface area (Å²) in [5.41, 5.74) is 1.53. The quantitative estimate of drug-likeness (QED) is 0.909. The minimum Gasteiger partial charge on any atom is -0.481 e. The van der Waals surface area contributed by atoms with Gasteiger partial charge in [-0.15, -0.1) is 0 Å². The Balaban J connectivity index is 1.73. The van der Waals surface area contributed by atoms with Gasteiger partial charge in [0.15, 0.2) is 0 Å². The first kappa shape index (κ1) is 12.1. The van der Waals surface area contributed by atoms with E-state index in [0.717, 1.165) is 12.2 Å². The van der Waals surface area contributed by atoms with E-state index in [1.165, 1.54) is 12.3 Å². The average Bonchev–Trinajstić information content (AvgIpc) is 2.95. The number of nitrogens with zero attached hydrogens (tertiary/aromatic N) is 3. The van der Waals surface area contributed by atoms with Gasteiger partial charge in [-0.3, -0.25) is 9.69 Å². The van der Waals surface area contributed by atoms with Crippen LogP contribution in [0, 0.1) is 11.7 Å². The lowest BCUT2D eigenvalue weighted by Gasteiger charge is -2.12. The zero-order valence-electron chi connectivity index (χ0n) is 10.3. The third-order valence-electron chi connectivity index (χ3n) is 3.47. The van der Waals surface area contributed by atoms with Gasteiger partial charge in [-0.25, -0.2) is 9.37 Å². The van der Waals surface area contributed by atoms with Gasteiger partial charge in [-0.1, -0.05) is 0 Å². The van der Waals surface area contributed by atoms with E-state index in [0.29, 0.717) is 25.2 Å². The number of carbonyl (C=O) groups is 1. The van der Waals surface area contributed by atoms with Crippen LogP contribution in [0.1, 0.15) is 12.1 Å². The summed E-state index contributed by atoms with van der Waals surface area (Å²) in [5, 5.41) is 8.95. The lowest BCUT2D eigenvalue weighted by molar-refractivity contribution is -0.141. The maximum Gasteiger partial charge on any atom is 0.307 e. The first-order valence-corrected chi connectivity index (χ1v) is 6.20. The van der Waals surface area contributed by atoms with Crippen LogP contribution in [0.3, 0.4) is 0 Å². The summed E-state index contributed by atoms with van der Waals surface area (Å²) in [6.45, 7) is 1.92. The molecule has 1 aliphatic rings. The molecule has 5 nitrogen and oxygen atoms in total. The average molecular weight is 263 g/mol. The van der Waals surface area contributed by atoms with Crippen molar-refractivity contribution in [2.75, 3.05) is 13.1 Å². The third kappa shape index (κ3) is 2.44.